The van der Waals surface area contributed by atoms with Crippen LogP contribution in [-0.4, -0.2) is 28.2 Å². The summed E-state index contributed by atoms with van der Waals surface area (Å²) >= 11 is 1.54. The average molecular weight is 317 g/mol. The van der Waals surface area contributed by atoms with Gasteiger partial charge in [-0.2, -0.15) is 4.98 Å². The first-order valence-corrected chi connectivity index (χ1v) is 7.24. The summed E-state index contributed by atoms with van der Waals surface area (Å²) in [5.41, 5.74) is 2.81. The van der Waals surface area contributed by atoms with Gasteiger partial charge in [0.05, 0.1) is 11.2 Å². The van der Waals surface area contributed by atoms with Crippen molar-refractivity contribution >= 4 is 23.7 Å². The summed E-state index contributed by atoms with van der Waals surface area (Å²) in [6, 6.07) is 0.328. The Labute approximate surface area is 129 Å². The fraction of sp³-hybridized carbons (Fsp3) is 0.615. The summed E-state index contributed by atoms with van der Waals surface area (Å²) in [6.45, 7) is 8.48. The lowest BCUT2D eigenvalue weighted by molar-refractivity contribution is 0.417. The predicted octanol–water partition coefficient (Wildman–Crippen LogP) is 3.06. The second-order valence-corrected chi connectivity index (χ2v) is 6.54. The highest BCUT2D eigenvalue weighted by atomic mass is 35.5. The van der Waals surface area contributed by atoms with Gasteiger partial charge in [-0.05, 0) is 14.0 Å². The monoisotopic (exact) mass is 316 g/mol. The fourth-order valence-electron chi connectivity index (χ4n) is 1.74. The van der Waals surface area contributed by atoms with Crippen LogP contribution in [-0.2, 0) is 11.8 Å². The lowest BCUT2D eigenvalue weighted by Gasteiger charge is -2.16. The van der Waals surface area contributed by atoms with Crippen molar-refractivity contribution in [1.29, 1.82) is 0 Å². The summed E-state index contributed by atoms with van der Waals surface area (Å²) < 4.78 is 5.37. The molecule has 0 amide bonds. The number of thiazole rings is 1. The Kier molecular flexibility index (Phi) is 5.68. The quantitative estimate of drug-likeness (QED) is 0.939. The molecule has 1 N–H and O–H groups in total. The molecule has 5 nitrogen and oxygen atoms in total. The van der Waals surface area contributed by atoms with Crippen LogP contribution in [0.1, 0.15) is 39.2 Å². The van der Waals surface area contributed by atoms with E-state index in [-0.39, 0.29) is 17.8 Å². The van der Waals surface area contributed by atoms with E-state index in [1.54, 1.807) is 11.3 Å². The largest absolute Gasteiger partial charge is 0.333 e. The van der Waals surface area contributed by atoms with E-state index in [4.69, 9.17) is 4.52 Å². The summed E-state index contributed by atoms with van der Waals surface area (Å²) in [5.74, 6) is 1.30. The number of hydrogen-bond acceptors (Lipinski definition) is 6. The fourth-order valence-corrected chi connectivity index (χ4v) is 2.65. The Balaban J connectivity index is 0.00000200. The number of hydrogen-bond donors (Lipinski definition) is 1. The van der Waals surface area contributed by atoms with Crippen LogP contribution >= 0.6 is 23.7 Å². The third-order valence-electron chi connectivity index (χ3n) is 2.92. The average Bonchev–Trinajstić information content (AvgIpc) is 2.94. The maximum Gasteiger partial charge on any atom is 0.269 e. The first-order valence-electron chi connectivity index (χ1n) is 6.36. The molecule has 0 bridgehead atoms. The van der Waals surface area contributed by atoms with Crippen LogP contribution in [0.2, 0.25) is 0 Å². The molecule has 0 fully saturated rings. The summed E-state index contributed by atoms with van der Waals surface area (Å²) in [7, 11) is 1.92. The van der Waals surface area contributed by atoms with Gasteiger partial charge in [0.15, 0.2) is 5.82 Å². The van der Waals surface area contributed by atoms with Gasteiger partial charge >= 0.3 is 0 Å². The van der Waals surface area contributed by atoms with Crippen molar-refractivity contribution in [3.05, 3.63) is 17.0 Å². The van der Waals surface area contributed by atoms with E-state index in [1.165, 1.54) is 0 Å². The molecule has 0 aliphatic rings. The van der Waals surface area contributed by atoms with Crippen LogP contribution in [0.25, 0.3) is 10.8 Å². The van der Waals surface area contributed by atoms with Crippen LogP contribution in [0.4, 0.5) is 0 Å². The molecule has 0 aliphatic heterocycles. The van der Waals surface area contributed by atoms with E-state index >= 15 is 0 Å². The molecule has 0 aliphatic carbocycles. The molecule has 0 spiro atoms. The molecule has 2 aromatic heterocycles. The zero-order valence-corrected chi connectivity index (χ0v) is 14.1. The van der Waals surface area contributed by atoms with Gasteiger partial charge in [0.25, 0.3) is 5.89 Å². The van der Waals surface area contributed by atoms with Gasteiger partial charge in [-0.25, -0.2) is 4.98 Å². The number of aromatic nitrogens is 3. The number of likely N-dealkylation sites (N-methyl/N-ethyl adjacent to an activating group) is 1. The molecule has 112 valence electrons. The zero-order valence-electron chi connectivity index (χ0n) is 12.4. The van der Waals surface area contributed by atoms with Crippen molar-refractivity contribution in [2.45, 2.75) is 45.6 Å². The van der Waals surface area contributed by atoms with Crippen molar-refractivity contribution in [3.63, 3.8) is 0 Å². The van der Waals surface area contributed by atoms with Crippen LogP contribution in [0.5, 0.6) is 0 Å². The summed E-state index contributed by atoms with van der Waals surface area (Å²) in [4.78, 5) is 9.87. The van der Waals surface area contributed by atoms with Crippen LogP contribution < -0.4 is 5.32 Å². The Morgan fingerprint density at radius 1 is 1.40 bits per heavy atom. The SMILES string of the molecule is CNC(C)Cc1noc(-c2scnc2C(C)(C)C)n1.Cl. The first-order chi connectivity index (χ1) is 8.91. The normalized spacial score (nSPS) is 13.1. The van der Waals surface area contributed by atoms with Crippen molar-refractivity contribution in [3.8, 4) is 10.8 Å². The smallest absolute Gasteiger partial charge is 0.269 e. The van der Waals surface area contributed by atoms with Crippen molar-refractivity contribution in [1.82, 2.24) is 20.4 Å². The molecule has 2 aromatic rings. The van der Waals surface area contributed by atoms with Crippen LogP contribution in [0, 0.1) is 0 Å². The second kappa shape index (κ2) is 6.65. The highest BCUT2D eigenvalue weighted by Crippen LogP contribution is 2.34. The minimum absolute atomic E-state index is 0. The van der Waals surface area contributed by atoms with Gasteiger partial charge in [0.2, 0.25) is 0 Å². The Hall–Kier alpha value is -0.980. The third kappa shape index (κ3) is 3.77. The predicted molar refractivity (Wildman–Crippen MR) is 83.6 cm³/mol. The van der Waals surface area contributed by atoms with Gasteiger partial charge in [-0.1, -0.05) is 25.9 Å². The summed E-state index contributed by atoms with van der Waals surface area (Å²) in [5, 5.41) is 7.20. The Morgan fingerprint density at radius 2 is 2.10 bits per heavy atom. The van der Waals surface area contributed by atoms with Crippen molar-refractivity contribution in [2.75, 3.05) is 7.05 Å². The molecule has 0 saturated heterocycles. The highest BCUT2D eigenvalue weighted by molar-refractivity contribution is 7.13. The van der Waals surface area contributed by atoms with Gasteiger partial charge in [-0.15, -0.1) is 23.7 Å². The Bertz CT molecular complexity index is 547. The maximum absolute atomic E-state index is 5.37. The van der Waals surface area contributed by atoms with E-state index in [2.05, 4.69) is 48.1 Å². The molecule has 0 saturated carbocycles. The van der Waals surface area contributed by atoms with Gasteiger partial charge in [0.1, 0.15) is 4.88 Å². The number of nitrogens with one attached hydrogen (secondary N) is 1. The van der Waals surface area contributed by atoms with Crippen LogP contribution in [0.3, 0.4) is 0 Å². The van der Waals surface area contributed by atoms with E-state index in [1.807, 2.05) is 12.6 Å². The minimum Gasteiger partial charge on any atom is -0.333 e. The first kappa shape index (κ1) is 17.1. The van der Waals surface area contributed by atoms with Crippen molar-refractivity contribution < 1.29 is 4.52 Å². The number of nitrogens with zero attached hydrogens (tertiary/aromatic N) is 3. The minimum atomic E-state index is -0.0256. The molecule has 2 rings (SSSR count). The van der Waals surface area contributed by atoms with Crippen molar-refractivity contribution in [2.24, 2.45) is 0 Å². The Morgan fingerprint density at radius 3 is 2.70 bits per heavy atom. The lowest BCUT2D eigenvalue weighted by Crippen LogP contribution is -2.24. The molecule has 1 unspecified atom stereocenters. The molecule has 0 radical (unpaired) electrons. The second-order valence-electron chi connectivity index (χ2n) is 5.69. The van der Waals surface area contributed by atoms with E-state index < -0.39 is 0 Å². The standard InChI is InChI=1S/C13H20N4OS.ClH/c1-8(14-5)6-9-16-12(18-17-9)10-11(13(2,3)4)15-7-19-10;/h7-8,14H,6H2,1-5H3;1H. The van der Waals surface area contributed by atoms with E-state index in [0.29, 0.717) is 11.9 Å². The number of halogens is 1. The topological polar surface area (TPSA) is 63.8 Å². The molecule has 2 heterocycles. The van der Waals surface area contributed by atoms with Gasteiger partial charge in [-0.3, -0.25) is 0 Å². The lowest BCUT2D eigenvalue weighted by atomic mass is 9.91. The molecule has 1 atom stereocenters. The third-order valence-corrected chi connectivity index (χ3v) is 3.74. The number of rotatable bonds is 4. The molecule has 20 heavy (non-hydrogen) atoms. The van der Waals surface area contributed by atoms with Gasteiger partial charge < -0.3 is 9.84 Å². The van der Waals surface area contributed by atoms with Gasteiger partial charge in [0, 0.05) is 17.9 Å². The molecule has 7 heteroatoms. The van der Waals surface area contributed by atoms with Crippen LogP contribution in [0.15, 0.2) is 10.0 Å². The highest BCUT2D eigenvalue weighted by Gasteiger charge is 2.25. The van der Waals surface area contributed by atoms with E-state index in [9.17, 15) is 0 Å². The maximum atomic E-state index is 5.37. The molecular weight excluding hydrogens is 296 g/mol. The van der Waals surface area contributed by atoms with E-state index in [0.717, 1.165) is 22.8 Å². The summed E-state index contributed by atoms with van der Waals surface area (Å²) in [6.07, 6.45) is 0.754. The molecule has 0 aromatic carbocycles. The zero-order chi connectivity index (χ0) is 14.0. The molecular formula is C13H21ClN4OS.